The molecule has 4 heterocycles. The van der Waals surface area contributed by atoms with Gasteiger partial charge in [-0.05, 0) is 31.1 Å². The smallest absolute Gasteiger partial charge is 0.428 e. The quantitative estimate of drug-likeness (QED) is 0.738. The van der Waals surface area contributed by atoms with Gasteiger partial charge in [0.05, 0.1) is 5.70 Å². The van der Waals surface area contributed by atoms with Crippen LogP contribution in [0.25, 0.3) is 0 Å². The fourth-order valence-corrected chi connectivity index (χ4v) is 4.16. The summed E-state index contributed by atoms with van der Waals surface area (Å²) < 4.78 is 5.50. The molecule has 114 valence electrons. The molecule has 6 heteroatoms. The summed E-state index contributed by atoms with van der Waals surface area (Å²) in [6.45, 7) is 3.45. The lowest BCUT2D eigenvalue weighted by Gasteiger charge is -2.47. The molecule has 0 aliphatic carbocycles. The molecule has 4 aliphatic rings. The van der Waals surface area contributed by atoms with Crippen LogP contribution < -0.4 is 0 Å². The third-order valence-electron chi connectivity index (χ3n) is 5.24. The molecule has 1 atom stereocenters. The average Bonchev–Trinajstić information content (AvgIpc) is 2.81. The number of ether oxygens (including phenoxy) is 1. The van der Waals surface area contributed by atoms with Crippen LogP contribution in [0.1, 0.15) is 25.7 Å². The van der Waals surface area contributed by atoms with Crippen molar-refractivity contribution in [2.24, 2.45) is 5.41 Å². The van der Waals surface area contributed by atoms with Gasteiger partial charge in [-0.25, -0.2) is 4.79 Å². The first kappa shape index (κ1) is 13.2. The molecular formula is C15H21N3O3. The third kappa shape index (κ3) is 2.05. The van der Waals surface area contributed by atoms with Gasteiger partial charge in [-0.15, -0.1) is 0 Å². The summed E-state index contributed by atoms with van der Waals surface area (Å²) in [6, 6.07) is 0. The first-order chi connectivity index (χ1) is 10.2. The van der Waals surface area contributed by atoms with E-state index in [0.29, 0.717) is 0 Å². The molecule has 0 radical (unpaired) electrons. The summed E-state index contributed by atoms with van der Waals surface area (Å²) in [5, 5.41) is 13.0. The highest BCUT2D eigenvalue weighted by Crippen LogP contribution is 2.46. The number of fused-ring (bicyclic) bond motifs is 2. The van der Waals surface area contributed by atoms with E-state index in [1.807, 2.05) is 17.3 Å². The second kappa shape index (κ2) is 4.74. The highest BCUT2D eigenvalue weighted by Gasteiger charge is 2.51. The minimum absolute atomic E-state index is 0.0412. The van der Waals surface area contributed by atoms with E-state index in [2.05, 4.69) is 11.0 Å². The molecule has 3 saturated heterocycles. The number of hydrogen-bond donors (Lipinski definition) is 1. The van der Waals surface area contributed by atoms with Crippen LogP contribution in [-0.4, -0.2) is 58.6 Å². The molecule has 21 heavy (non-hydrogen) atoms. The Labute approximate surface area is 124 Å². The van der Waals surface area contributed by atoms with Crippen molar-refractivity contribution in [3.05, 3.63) is 24.0 Å². The first-order valence-corrected chi connectivity index (χ1v) is 7.67. The summed E-state index contributed by atoms with van der Waals surface area (Å²) >= 11 is 0. The Morgan fingerprint density at radius 2 is 2.19 bits per heavy atom. The average molecular weight is 291 g/mol. The Hall–Kier alpha value is -1.53. The van der Waals surface area contributed by atoms with E-state index in [4.69, 9.17) is 4.74 Å². The van der Waals surface area contributed by atoms with E-state index in [9.17, 15) is 9.90 Å². The highest BCUT2D eigenvalue weighted by atomic mass is 16.5. The van der Waals surface area contributed by atoms with E-state index < -0.39 is 6.09 Å². The Kier molecular flexibility index (Phi) is 2.97. The summed E-state index contributed by atoms with van der Waals surface area (Å²) in [4.78, 5) is 14.1. The third-order valence-corrected chi connectivity index (χ3v) is 5.24. The topological polar surface area (TPSA) is 56.2 Å². The van der Waals surface area contributed by atoms with Crippen molar-refractivity contribution >= 4 is 6.09 Å². The molecule has 0 aromatic rings. The van der Waals surface area contributed by atoms with Crippen LogP contribution in [-0.2, 0) is 4.74 Å². The van der Waals surface area contributed by atoms with Crippen molar-refractivity contribution in [2.75, 3.05) is 26.3 Å². The number of hydrazine groups is 1. The summed E-state index contributed by atoms with van der Waals surface area (Å²) in [5.41, 5.74) is 1.32. The number of hydrogen-bond acceptors (Lipinski definition) is 4. The summed E-state index contributed by atoms with van der Waals surface area (Å²) in [5.74, 6) is 0. The maximum atomic E-state index is 11.8. The van der Waals surface area contributed by atoms with E-state index >= 15 is 0 Å². The highest BCUT2D eigenvalue weighted by molar-refractivity contribution is 5.65. The summed E-state index contributed by atoms with van der Waals surface area (Å²) in [6.07, 6.45) is 9.01. The zero-order chi connectivity index (χ0) is 14.4. The second-order valence-corrected chi connectivity index (χ2v) is 6.49. The predicted octanol–water partition coefficient (Wildman–Crippen LogP) is 1.83. The van der Waals surface area contributed by atoms with Crippen molar-refractivity contribution in [1.82, 2.24) is 14.9 Å². The van der Waals surface area contributed by atoms with Crippen LogP contribution >= 0.6 is 0 Å². The van der Waals surface area contributed by atoms with E-state index in [0.717, 1.165) is 57.7 Å². The monoisotopic (exact) mass is 291 g/mol. The normalized spacial score (nSPS) is 31.0. The van der Waals surface area contributed by atoms with Crippen LogP contribution in [0.15, 0.2) is 24.0 Å². The molecule has 0 aromatic heterocycles. The van der Waals surface area contributed by atoms with Crippen molar-refractivity contribution in [3.63, 3.8) is 0 Å². The fourth-order valence-electron chi connectivity index (χ4n) is 4.16. The van der Waals surface area contributed by atoms with Crippen molar-refractivity contribution in [2.45, 2.75) is 31.8 Å². The van der Waals surface area contributed by atoms with Gasteiger partial charge in [0.15, 0.2) is 0 Å². The molecule has 4 aliphatic heterocycles. The lowest BCUT2D eigenvalue weighted by atomic mass is 9.79. The molecule has 0 bridgehead atoms. The van der Waals surface area contributed by atoms with Gasteiger partial charge in [-0.3, -0.25) is 9.91 Å². The minimum Gasteiger partial charge on any atom is -0.464 e. The Morgan fingerprint density at radius 3 is 2.95 bits per heavy atom. The molecule has 4 rings (SSSR count). The Morgan fingerprint density at radius 1 is 1.38 bits per heavy atom. The maximum Gasteiger partial charge on any atom is 0.428 e. The van der Waals surface area contributed by atoms with Gasteiger partial charge in [0, 0.05) is 32.5 Å². The maximum absolute atomic E-state index is 11.8. The van der Waals surface area contributed by atoms with Gasteiger partial charge in [0.25, 0.3) is 0 Å². The van der Waals surface area contributed by atoms with Crippen LogP contribution in [0.3, 0.4) is 0 Å². The predicted molar refractivity (Wildman–Crippen MR) is 76.0 cm³/mol. The fraction of sp³-hybridized carbons (Fsp3) is 0.667. The van der Waals surface area contributed by atoms with E-state index in [-0.39, 0.29) is 11.6 Å². The van der Waals surface area contributed by atoms with Gasteiger partial charge in [0.1, 0.15) is 6.17 Å². The molecule has 1 amide bonds. The second-order valence-electron chi connectivity index (χ2n) is 6.49. The molecule has 6 nitrogen and oxygen atoms in total. The molecule has 0 aromatic carbocycles. The van der Waals surface area contributed by atoms with Crippen molar-refractivity contribution < 1.29 is 14.6 Å². The SMILES string of the molecule is O=C(O)N1C2CC3(CCOCC3)CN2CC2=CCC=CN21. The number of rotatable bonds is 0. The van der Waals surface area contributed by atoms with E-state index in [1.54, 1.807) is 0 Å². The first-order valence-electron chi connectivity index (χ1n) is 7.67. The Balaban J connectivity index is 1.65. The van der Waals surface area contributed by atoms with Gasteiger partial charge >= 0.3 is 6.09 Å². The minimum atomic E-state index is -0.869. The van der Waals surface area contributed by atoms with Gasteiger partial charge in [-0.2, -0.15) is 5.01 Å². The zero-order valence-electron chi connectivity index (χ0n) is 12.1. The van der Waals surface area contributed by atoms with Crippen LogP contribution in [0, 0.1) is 5.41 Å². The van der Waals surface area contributed by atoms with Crippen LogP contribution in [0.2, 0.25) is 0 Å². The van der Waals surface area contributed by atoms with E-state index in [1.165, 1.54) is 5.01 Å². The molecule has 1 N–H and O–H groups in total. The largest absolute Gasteiger partial charge is 0.464 e. The van der Waals surface area contributed by atoms with Crippen LogP contribution in [0.4, 0.5) is 4.79 Å². The van der Waals surface area contributed by atoms with Crippen LogP contribution in [0.5, 0.6) is 0 Å². The lowest BCUT2D eigenvalue weighted by Crippen LogP contribution is -2.59. The number of nitrogens with zero attached hydrogens (tertiary/aromatic N) is 3. The standard InChI is InChI=1S/C15H21N3O3/c19-14(20)18-13-9-15(4-7-21-8-5-15)11-16(13)10-12-3-1-2-6-17(12)18/h2-3,6,13H,1,4-5,7-11H2,(H,19,20). The van der Waals surface area contributed by atoms with Crippen molar-refractivity contribution in [1.29, 1.82) is 0 Å². The zero-order valence-corrected chi connectivity index (χ0v) is 12.1. The van der Waals surface area contributed by atoms with Crippen molar-refractivity contribution in [3.8, 4) is 0 Å². The van der Waals surface area contributed by atoms with Gasteiger partial charge in [0.2, 0.25) is 0 Å². The molecular weight excluding hydrogens is 270 g/mol. The number of carbonyl (C=O) groups is 1. The lowest BCUT2D eigenvalue weighted by molar-refractivity contribution is -0.0630. The number of carboxylic acid groups (broad SMARTS) is 1. The van der Waals surface area contributed by atoms with Gasteiger partial charge in [-0.1, -0.05) is 12.2 Å². The molecule has 1 unspecified atom stereocenters. The summed E-state index contributed by atoms with van der Waals surface area (Å²) in [7, 11) is 0. The molecule has 1 spiro atoms. The molecule has 3 fully saturated rings. The number of amides is 1. The van der Waals surface area contributed by atoms with Gasteiger partial charge < -0.3 is 9.84 Å². The Bertz CT molecular complexity index is 510. The molecule has 0 saturated carbocycles. The number of allylic oxidation sites excluding steroid dienone is 2.